The molecule has 2 aromatic rings. The first-order chi connectivity index (χ1) is 6.16. The number of benzene rings is 1. The van der Waals surface area contributed by atoms with Gasteiger partial charge in [-0.15, -0.1) is 11.3 Å². The Morgan fingerprint density at radius 3 is 2.85 bits per heavy atom. The van der Waals surface area contributed by atoms with Crippen LogP contribution in [0.4, 0.5) is 0 Å². The van der Waals surface area contributed by atoms with E-state index in [0.717, 1.165) is 14.7 Å². The lowest BCUT2D eigenvalue weighted by Crippen LogP contribution is -2.28. The smallest absolute Gasteiger partial charge is 0.422 e. The van der Waals surface area contributed by atoms with Crippen LogP contribution in [0.15, 0.2) is 22.7 Å². The Balaban J connectivity index is 2.62. The van der Waals surface area contributed by atoms with Crippen LogP contribution in [0.5, 0.6) is 0 Å². The molecule has 0 unspecified atom stereocenters. The fraction of sp³-hybridized carbons (Fsp3) is 0. The monoisotopic (exact) mass is 257 g/mol. The molecule has 0 aliphatic carbocycles. The van der Waals surface area contributed by atoms with E-state index in [2.05, 4.69) is 20.9 Å². The quantitative estimate of drug-likeness (QED) is 0.741. The van der Waals surface area contributed by atoms with Crippen LogP contribution in [-0.4, -0.2) is 22.2 Å². The summed E-state index contributed by atoms with van der Waals surface area (Å²) in [6.45, 7) is 0. The Kier molecular flexibility index (Phi) is 2.38. The van der Waals surface area contributed by atoms with Crippen LogP contribution in [0.25, 0.3) is 10.2 Å². The van der Waals surface area contributed by atoms with E-state index in [4.69, 9.17) is 10.0 Å². The summed E-state index contributed by atoms with van der Waals surface area (Å²) in [4.78, 5) is 4.39. The van der Waals surface area contributed by atoms with E-state index in [1.165, 1.54) is 11.3 Å². The van der Waals surface area contributed by atoms with Crippen molar-refractivity contribution < 1.29 is 10.0 Å². The molecule has 66 valence electrons. The molecule has 0 spiro atoms. The largest absolute Gasteiger partial charge is 0.519 e. The molecular weight excluding hydrogens is 253 g/mol. The van der Waals surface area contributed by atoms with Crippen molar-refractivity contribution in [1.82, 2.24) is 4.98 Å². The Morgan fingerprint density at radius 2 is 2.15 bits per heavy atom. The summed E-state index contributed by atoms with van der Waals surface area (Å²) in [5.41, 5.74) is 0.780. The molecule has 3 nitrogen and oxygen atoms in total. The van der Waals surface area contributed by atoms with Crippen LogP contribution in [0.2, 0.25) is 0 Å². The van der Waals surface area contributed by atoms with Gasteiger partial charge in [-0.3, -0.25) is 0 Å². The Labute approximate surface area is 87.3 Å². The number of thiazole rings is 1. The maximum Gasteiger partial charge on any atom is 0.519 e. The molecule has 13 heavy (non-hydrogen) atoms. The van der Waals surface area contributed by atoms with Gasteiger partial charge in [0.25, 0.3) is 0 Å². The molecule has 0 bridgehead atoms. The molecule has 2 N–H and O–H groups in total. The highest BCUT2D eigenvalue weighted by Gasteiger charge is 2.16. The average molecular weight is 258 g/mol. The molecule has 0 radical (unpaired) electrons. The number of nitrogens with zero attached hydrogens (tertiary/aromatic N) is 1. The lowest BCUT2D eigenvalue weighted by atomic mass is 9.94. The van der Waals surface area contributed by atoms with Crippen molar-refractivity contribution in [2.75, 3.05) is 0 Å². The van der Waals surface area contributed by atoms with Gasteiger partial charge in [0.15, 0.2) is 0 Å². The van der Waals surface area contributed by atoms with Gasteiger partial charge in [-0.05, 0) is 18.2 Å². The van der Waals surface area contributed by atoms with Crippen LogP contribution < -0.4 is 4.91 Å². The topological polar surface area (TPSA) is 53.4 Å². The van der Waals surface area contributed by atoms with Crippen LogP contribution in [0.1, 0.15) is 0 Å². The normalized spacial score (nSPS) is 10.7. The fourth-order valence-electron chi connectivity index (χ4n) is 1.03. The third-order valence-corrected chi connectivity index (χ3v) is 3.16. The van der Waals surface area contributed by atoms with E-state index < -0.39 is 7.12 Å². The second kappa shape index (κ2) is 3.38. The summed E-state index contributed by atoms with van der Waals surface area (Å²) in [6, 6.07) is 5.63. The number of hydrogen-bond acceptors (Lipinski definition) is 4. The number of hydrogen-bond donors (Lipinski definition) is 2. The van der Waals surface area contributed by atoms with Crippen molar-refractivity contribution in [3.05, 3.63) is 22.7 Å². The zero-order chi connectivity index (χ0) is 9.42. The van der Waals surface area contributed by atoms with Crippen molar-refractivity contribution in [1.29, 1.82) is 0 Å². The highest BCUT2D eigenvalue weighted by Crippen LogP contribution is 2.20. The van der Waals surface area contributed by atoms with Crippen molar-refractivity contribution in [3.8, 4) is 0 Å². The van der Waals surface area contributed by atoms with E-state index in [1.54, 1.807) is 0 Å². The van der Waals surface area contributed by atoms with Crippen molar-refractivity contribution in [3.63, 3.8) is 0 Å². The molecule has 0 aliphatic heterocycles. The third kappa shape index (κ3) is 1.76. The van der Waals surface area contributed by atoms with Crippen molar-refractivity contribution in [2.24, 2.45) is 0 Å². The van der Waals surface area contributed by atoms with Crippen LogP contribution >= 0.6 is 27.3 Å². The molecule has 0 amide bonds. The summed E-state index contributed by atoms with van der Waals surface area (Å²) in [6.07, 6.45) is 0. The molecule has 0 aliphatic rings. The van der Waals surface area contributed by atoms with Crippen molar-refractivity contribution >= 4 is 49.5 Å². The maximum atomic E-state index is 8.89. The van der Waals surface area contributed by atoms with E-state index in [9.17, 15) is 0 Å². The van der Waals surface area contributed by atoms with Gasteiger partial charge in [0, 0.05) is 4.47 Å². The van der Waals surface area contributed by atoms with Gasteiger partial charge in [-0.1, -0.05) is 15.9 Å². The Morgan fingerprint density at radius 1 is 1.38 bits per heavy atom. The van der Waals surface area contributed by atoms with E-state index >= 15 is 0 Å². The molecule has 2 rings (SSSR count). The number of halogens is 1. The minimum Gasteiger partial charge on any atom is -0.422 e. The molecule has 1 aromatic heterocycles. The second-order valence-corrected chi connectivity index (χ2v) is 4.52. The average Bonchev–Trinajstić information content (AvgIpc) is 2.46. The molecular formula is C7H5BBrNO2S. The molecule has 1 aromatic carbocycles. The van der Waals surface area contributed by atoms with Crippen LogP contribution in [-0.2, 0) is 0 Å². The van der Waals surface area contributed by atoms with E-state index in [1.807, 2.05) is 18.2 Å². The Bertz CT molecular complexity index is 445. The summed E-state index contributed by atoms with van der Waals surface area (Å²) >= 11 is 4.60. The Hall–Kier alpha value is -0.425. The highest BCUT2D eigenvalue weighted by atomic mass is 79.9. The molecule has 1 heterocycles. The highest BCUT2D eigenvalue weighted by molar-refractivity contribution is 9.10. The van der Waals surface area contributed by atoms with Gasteiger partial charge in [-0.25, -0.2) is 4.98 Å². The summed E-state index contributed by atoms with van der Waals surface area (Å²) in [5, 5.41) is 17.8. The molecule has 6 heteroatoms. The zero-order valence-corrected chi connectivity index (χ0v) is 8.84. The predicted molar refractivity (Wildman–Crippen MR) is 57.1 cm³/mol. The molecule has 0 atom stereocenters. The van der Waals surface area contributed by atoms with Gasteiger partial charge < -0.3 is 10.0 Å². The summed E-state index contributed by atoms with van der Waals surface area (Å²) in [7, 11) is -1.48. The first kappa shape index (κ1) is 9.14. The molecule has 0 saturated heterocycles. The van der Waals surface area contributed by atoms with Gasteiger partial charge >= 0.3 is 7.12 Å². The SMILES string of the molecule is OB(O)c1nc2cc(Br)ccc2s1. The zero-order valence-electron chi connectivity index (χ0n) is 6.44. The first-order valence-corrected chi connectivity index (χ1v) is 5.20. The van der Waals surface area contributed by atoms with Gasteiger partial charge in [0.1, 0.15) is 4.91 Å². The van der Waals surface area contributed by atoms with Crippen LogP contribution in [0, 0.1) is 0 Å². The second-order valence-electron chi connectivity index (χ2n) is 2.54. The predicted octanol–water partition coefficient (Wildman–Crippen LogP) is 0.739. The fourth-order valence-corrected chi connectivity index (χ4v) is 2.20. The molecule has 0 saturated carbocycles. The van der Waals surface area contributed by atoms with Gasteiger partial charge in [0.2, 0.25) is 0 Å². The summed E-state index contributed by atoms with van der Waals surface area (Å²) in [5.74, 6) is 0. The lowest BCUT2D eigenvalue weighted by Gasteiger charge is -1.87. The van der Waals surface area contributed by atoms with Crippen molar-refractivity contribution in [2.45, 2.75) is 0 Å². The maximum absolute atomic E-state index is 8.89. The summed E-state index contributed by atoms with van der Waals surface area (Å²) < 4.78 is 1.88. The number of rotatable bonds is 1. The first-order valence-electron chi connectivity index (χ1n) is 3.59. The standard InChI is InChI=1S/C7H5BBrNO2S/c9-4-1-2-6-5(3-4)10-7(13-6)8(11)12/h1-3,11-12H. The van der Waals surface area contributed by atoms with E-state index in [-0.39, 0.29) is 0 Å². The third-order valence-electron chi connectivity index (χ3n) is 1.59. The molecule has 0 fully saturated rings. The number of aromatic nitrogens is 1. The van der Waals surface area contributed by atoms with Crippen LogP contribution in [0.3, 0.4) is 0 Å². The van der Waals surface area contributed by atoms with E-state index in [0.29, 0.717) is 4.91 Å². The van der Waals surface area contributed by atoms with Gasteiger partial charge in [-0.2, -0.15) is 0 Å². The lowest BCUT2D eigenvalue weighted by molar-refractivity contribution is 0.425. The minimum absolute atomic E-state index is 0.327. The van der Waals surface area contributed by atoms with Gasteiger partial charge in [0.05, 0.1) is 10.2 Å². The minimum atomic E-state index is -1.48. The number of fused-ring (bicyclic) bond motifs is 1.